The zero-order chi connectivity index (χ0) is 9.68. The first-order valence-corrected chi connectivity index (χ1v) is 4.74. The summed E-state index contributed by atoms with van der Waals surface area (Å²) in [4.78, 5) is 11.0. The molecule has 0 atom stereocenters. The van der Waals surface area contributed by atoms with Crippen LogP contribution in [0.15, 0.2) is 23.1 Å². The number of aldehydes is 1. The van der Waals surface area contributed by atoms with Crippen molar-refractivity contribution in [1.29, 1.82) is 0 Å². The highest BCUT2D eigenvalue weighted by atomic mass is 32.2. The Morgan fingerprint density at radius 3 is 2.85 bits per heavy atom. The Labute approximate surface area is 79.8 Å². The predicted molar refractivity (Wildman–Crippen MR) is 49.6 cm³/mol. The minimum absolute atomic E-state index is 0.0393. The third-order valence-corrected chi connectivity index (χ3v) is 2.35. The molecule has 70 valence electrons. The average Bonchev–Trinajstić information content (AvgIpc) is 2.14. The van der Waals surface area contributed by atoms with Gasteiger partial charge in [0.15, 0.2) is 0 Å². The number of hydrogen-bond donors (Lipinski definition) is 1. The fourth-order valence-corrected chi connectivity index (χ4v) is 1.64. The Kier molecular flexibility index (Phi) is 3.92. The quantitative estimate of drug-likeness (QED) is 0.594. The van der Waals surface area contributed by atoms with Crippen LogP contribution >= 0.6 is 11.8 Å². The summed E-state index contributed by atoms with van der Waals surface area (Å²) in [7, 11) is 0. The van der Waals surface area contributed by atoms with E-state index in [9.17, 15) is 9.18 Å². The average molecular weight is 200 g/mol. The zero-order valence-corrected chi connectivity index (χ0v) is 7.68. The topological polar surface area (TPSA) is 37.3 Å². The Morgan fingerprint density at radius 2 is 2.23 bits per heavy atom. The van der Waals surface area contributed by atoms with E-state index in [0.717, 1.165) is 0 Å². The molecule has 2 nitrogen and oxygen atoms in total. The highest BCUT2D eigenvalue weighted by Crippen LogP contribution is 2.19. The lowest BCUT2D eigenvalue weighted by Crippen LogP contribution is -1.88. The summed E-state index contributed by atoms with van der Waals surface area (Å²) in [5, 5.41) is 8.54. The fraction of sp³-hybridized carbons (Fsp3) is 0.222. The second-order valence-electron chi connectivity index (χ2n) is 2.41. The molecular formula is C9H9FO2S. The number of hydrogen-bond acceptors (Lipinski definition) is 3. The summed E-state index contributed by atoms with van der Waals surface area (Å²) in [6.07, 6.45) is 0.603. The number of halogens is 1. The van der Waals surface area contributed by atoms with Crippen LogP contribution in [0.5, 0.6) is 0 Å². The summed E-state index contributed by atoms with van der Waals surface area (Å²) < 4.78 is 12.8. The van der Waals surface area contributed by atoms with Crippen LogP contribution < -0.4 is 0 Å². The SMILES string of the molecule is O=Cc1cc(F)cc(SCCO)c1. The smallest absolute Gasteiger partial charge is 0.150 e. The molecule has 4 heteroatoms. The largest absolute Gasteiger partial charge is 0.396 e. The first-order chi connectivity index (χ1) is 6.26. The van der Waals surface area contributed by atoms with Crippen LogP contribution in [-0.2, 0) is 0 Å². The van der Waals surface area contributed by atoms with Gasteiger partial charge in [0.05, 0.1) is 6.61 Å². The molecule has 0 heterocycles. The van der Waals surface area contributed by atoms with Gasteiger partial charge in [0.1, 0.15) is 12.1 Å². The molecule has 0 bridgehead atoms. The van der Waals surface area contributed by atoms with Crippen molar-refractivity contribution in [2.45, 2.75) is 4.90 Å². The normalized spacial score (nSPS) is 10.0. The summed E-state index contributed by atoms with van der Waals surface area (Å²) in [5.74, 6) is 0.0758. The molecule has 0 aromatic heterocycles. The van der Waals surface area contributed by atoms with Gasteiger partial charge in [-0.2, -0.15) is 0 Å². The number of carbonyl (C=O) groups excluding carboxylic acids is 1. The van der Waals surface area contributed by atoms with Crippen molar-refractivity contribution < 1.29 is 14.3 Å². The van der Waals surface area contributed by atoms with Crippen LogP contribution in [0.4, 0.5) is 4.39 Å². The molecule has 1 aromatic carbocycles. The number of benzene rings is 1. The van der Waals surface area contributed by atoms with E-state index >= 15 is 0 Å². The summed E-state index contributed by atoms with van der Waals surface area (Å²) in [6.45, 7) is 0.0393. The van der Waals surface area contributed by atoms with Gasteiger partial charge < -0.3 is 5.11 Å². The van der Waals surface area contributed by atoms with E-state index in [1.807, 2.05) is 0 Å². The minimum Gasteiger partial charge on any atom is -0.396 e. The van der Waals surface area contributed by atoms with Gasteiger partial charge in [-0.1, -0.05) is 0 Å². The van der Waals surface area contributed by atoms with Gasteiger partial charge in [-0.15, -0.1) is 11.8 Å². The monoisotopic (exact) mass is 200 g/mol. The molecule has 0 saturated carbocycles. The maximum Gasteiger partial charge on any atom is 0.150 e. The molecule has 1 rings (SSSR count). The molecule has 0 aliphatic heterocycles. The first-order valence-electron chi connectivity index (χ1n) is 3.75. The molecule has 0 spiro atoms. The summed E-state index contributed by atoms with van der Waals surface area (Å²) in [5.41, 5.74) is 0.320. The zero-order valence-electron chi connectivity index (χ0n) is 6.87. The van der Waals surface area contributed by atoms with Crippen LogP contribution in [0.1, 0.15) is 10.4 Å². The number of aliphatic hydroxyl groups excluding tert-OH is 1. The van der Waals surface area contributed by atoms with Crippen molar-refractivity contribution in [1.82, 2.24) is 0 Å². The van der Waals surface area contributed by atoms with E-state index in [1.165, 1.54) is 23.9 Å². The van der Waals surface area contributed by atoms with Crippen molar-refractivity contribution in [3.05, 3.63) is 29.6 Å². The van der Waals surface area contributed by atoms with E-state index in [4.69, 9.17) is 5.11 Å². The van der Waals surface area contributed by atoms with Gasteiger partial charge in [-0.25, -0.2) is 4.39 Å². The van der Waals surface area contributed by atoms with E-state index in [-0.39, 0.29) is 6.61 Å². The van der Waals surface area contributed by atoms with Gasteiger partial charge in [0.2, 0.25) is 0 Å². The molecule has 1 aromatic rings. The summed E-state index contributed by atoms with van der Waals surface area (Å²) >= 11 is 1.32. The molecule has 13 heavy (non-hydrogen) atoms. The second-order valence-corrected chi connectivity index (χ2v) is 3.58. The van der Waals surface area contributed by atoms with E-state index in [1.54, 1.807) is 6.07 Å². The molecule has 0 fully saturated rings. The van der Waals surface area contributed by atoms with Crippen LogP contribution in [0.25, 0.3) is 0 Å². The molecule has 0 radical (unpaired) electrons. The lowest BCUT2D eigenvalue weighted by Gasteiger charge is -2.00. The second kappa shape index (κ2) is 4.99. The number of carbonyl (C=O) groups is 1. The third kappa shape index (κ3) is 3.16. The van der Waals surface area contributed by atoms with Gasteiger partial charge >= 0.3 is 0 Å². The molecule has 0 amide bonds. The maximum atomic E-state index is 12.8. The lowest BCUT2D eigenvalue weighted by atomic mass is 10.2. The highest BCUT2D eigenvalue weighted by molar-refractivity contribution is 7.99. The molecule has 0 aliphatic rings. The molecule has 0 saturated heterocycles. The van der Waals surface area contributed by atoms with Crippen molar-refractivity contribution in [2.24, 2.45) is 0 Å². The first kappa shape index (κ1) is 10.2. The van der Waals surface area contributed by atoms with Gasteiger partial charge in [-0.3, -0.25) is 4.79 Å². The van der Waals surface area contributed by atoms with Gasteiger partial charge in [0.25, 0.3) is 0 Å². The van der Waals surface area contributed by atoms with E-state index in [2.05, 4.69) is 0 Å². The summed E-state index contributed by atoms with van der Waals surface area (Å²) in [6, 6.07) is 4.11. The highest BCUT2D eigenvalue weighted by Gasteiger charge is 2.00. The minimum atomic E-state index is -0.426. The van der Waals surface area contributed by atoms with E-state index in [0.29, 0.717) is 22.5 Å². The van der Waals surface area contributed by atoms with Crippen LogP contribution in [-0.4, -0.2) is 23.8 Å². The van der Waals surface area contributed by atoms with Crippen LogP contribution in [0, 0.1) is 5.82 Å². The molecule has 0 aliphatic carbocycles. The lowest BCUT2D eigenvalue weighted by molar-refractivity contribution is 0.112. The Morgan fingerprint density at radius 1 is 1.46 bits per heavy atom. The van der Waals surface area contributed by atoms with E-state index < -0.39 is 5.82 Å². The van der Waals surface area contributed by atoms with Gasteiger partial charge in [0, 0.05) is 16.2 Å². The van der Waals surface area contributed by atoms with Crippen molar-refractivity contribution in [2.75, 3.05) is 12.4 Å². The predicted octanol–water partition coefficient (Wildman–Crippen LogP) is 1.72. The van der Waals surface area contributed by atoms with Crippen LogP contribution in [0.3, 0.4) is 0 Å². The number of aliphatic hydroxyl groups is 1. The van der Waals surface area contributed by atoms with Crippen LogP contribution in [0.2, 0.25) is 0 Å². The van der Waals surface area contributed by atoms with Crippen molar-refractivity contribution in [3.8, 4) is 0 Å². The number of rotatable bonds is 4. The Bertz CT molecular complexity index is 302. The standard InChI is InChI=1S/C9H9FO2S/c10-8-3-7(6-12)4-9(5-8)13-2-1-11/h3-6,11H,1-2H2. The fourth-order valence-electron chi connectivity index (χ4n) is 0.899. The molecule has 0 unspecified atom stereocenters. The van der Waals surface area contributed by atoms with Gasteiger partial charge in [-0.05, 0) is 18.2 Å². The number of thioether (sulfide) groups is 1. The Hall–Kier alpha value is -0.870. The van der Waals surface area contributed by atoms with Crippen molar-refractivity contribution in [3.63, 3.8) is 0 Å². The third-order valence-electron chi connectivity index (χ3n) is 1.39. The molecule has 1 N–H and O–H groups in total. The maximum absolute atomic E-state index is 12.8. The molecular weight excluding hydrogens is 191 g/mol. The Balaban J connectivity index is 2.81. The van der Waals surface area contributed by atoms with Crippen molar-refractivity contribution >= 4 is 18.0 Å².